The van der Waals surface area contributed by atoms with Crippen LogP contribution in [0.5, 0.6) is 0 Å². The van der Waals surface area contributed by atoms with E-state index in [-0.39, 0.29) is 22.6 Å². The number of aromatic nitrogens is 2. The van der Waals surface area contributed by atoms with E-state index in [4.69, 9.17) is 14.6 Å². The number of hydrogen-bond donors (Lipinski definition) is 3. The lowest BCUT2D eigenvalue weighted by molar-refractivity contribution is 0.0674. The highest BCUT2D eigenvalue weighted by atomic mass is 32.2. The summed E-state index contributed by atoms with van der Waals surface area (Å²) in [6, 6.07) is 5.99. The topological polar surface area (TPSA) is 146 Å². The highest BCUT2D eigenvalue weighted by Gasteiger charge is 2.40. The van der Waals surface area contributed by atoms with Crippen molar-refractivity contribution in [3.05, 3.63) is 42.4 Å². The maximum atomic E-state index is 11.9. The van der Waals surface area contributed by atoms with Crippen LogP contribution in [0, 0.1) is 0 Å². The summed E-state index contributed by atoms with van der Waals surface area (Å²) in [4.78, 5) is 20.6. The largest absolute Gasteiger partial charge is 0.444 e. The number of rotatable bonds is 6. The first-order valence-corrected chi connectivity index (χ1v) is 11.1. The van der Waals surface area contributed by atoms with Gasteiger partial charge >= 0.3 is 6.09 Å². The highest BCUT2D eigenvalue weighted by molar-refractivity contribution is 7.89. The molecule has 1 saturated heterocycles. The number of nitrogens with two attached hydrogens (primary N) is 1. The summed E-state index contributed by atoms with van der Waals surface area (Å²) in [6.45, 7) is 2.30. The van der Waals surface area contributed by atoms with Gasteiger partial charge in [-0.15, -0.1) is 0 Å². The molecule has 2 unspecified atom stereocenters. The molecule has 1 aromatic carbocycles. The van der Waals surface area contributed by atoms with E-state index in [1.54, 1.807) is 24.5 Å². The second-order valence-electron chi connectivity index (χ2n) is 7.79. The molecule has 1 aliphatic heterocycles. The van der Waals surface area contributed by atoms with Crippen molar-refractivity contribution < 1.29 is 22.7 Å². The summed E-state index contributed by atoms with van der Waals surface area (Å²) in [7, 11) is -3.73. The maximum Gasteiger partial charge on any atom is 0.407 e. The van der Waals surface area contributed by atoms with Crippen molar-refractivity contribution in [1.29, 1.82) is 0 Å². The third-order valence-corrected chi connectivity index (χ3v) is 6.02. The standard InChI is InChI=1S/C19H23N5O5S/c1-19(6-7-19)24-18(25)29-13-8-16(28-11-13)15-9-22-17(10-21-15)23-12-2-4-14(5-3-12)30(20,26)27/h2-5,9-10,13,16H,6-8,11H2,1H3,(H,22,23)(H,24,25)(H2,20,26,27). The van der Waals surface area contributed by atoms with Crippen LogP contribution in [0.25, 0.3) is 0 Å². The molecule has 2 fully saturated rings. The minimum atomic E-state index is -3.73. The van der Waals surface area contributed by atoms with Gasteiger partial charge in [0.25, 0.3) is 0 Å². The van der Waals surface area contributed by atoms with Crippen LogP contribution in [0.2, 0.25) is 0 Å². The zero-order chi connectivity index (χ0) is 21.4. The molecule has 10 nitrogen and oxygen atoms in total. The molecule has 11 heteroatoms. The lowest BCUT2D eigenvalue weighted by Crippen LogP contribution is -2.37. The van der Waals surface area contributed by atoms with Crippen molar-refractivity contribution in [2.75, 3.05) is 11.9 Å². The summed E-state index contributed by atoms with van der Waals surface area (Å²) in [5, 5.41) is 11.0. The Morgan fingerprint density at radius 1 is 1.23 bits per heavy atom. The fourth-order valence-electron chi connectivity index (χ4n) is 3.07. The van der Waals surface area contributed by atoms with Gasteiger partial charge in [0.2, 0.25) is 10.0 Å². The minimum Gasteiger partial charge on any atom is -0.444 e. The predicted molar refractivity (Wildman–Crippen MR) is 107 cm³/mol. The van der Waals surface area contributed by atoms with Gasteiger partial charge in [-0.1, -0.05) is 0 Å². The van der Waals surface area contributed by atoms with E-state index in [0.29, 0.717) is 30.2 Å². The number of amides is 1. The molecule has 0 radical (unpaired) electrons. The number of carbonyl (C=O) groups is 1. The fraction of sp³-hybridized carbons (Fsp3) is 0.421. The molecule has 1 aliphatic carbocycles. The number of nitrogens with zero attached hydrogens (tertiary/aromatic N) is 2. The number of benzene rings is 1. The van der Waals surface area contributed by atoms with Gasteiger partial charge in [-0.05, 0) is 44.0 Å². The smallest absolute Gasteiger partial charge is 0.407 e. The van der Waals surface area contributed by atoms with Gasteiger partial charge in [0.15, 0.2) is 0 Å². The Balaban J connectivity index is 1.31. The molecule has 1 amide bonds. The molecule has 2 aliphatic rings. The van der Waals surface area contributed by atoms with Crippen molar-refractivity contribution in [3.8, 4) is 0 Å². The van der Waals surface area contributed by atoms with Gasteiger partial charge in [-0.25, -0.2) is 23.3 Å². The van der Waals surface area contributed by atoms with Crippen LogP contribution in [-0.4, -0.2) is 42.7 Å². The molecule has 0 spiro atoms. The lowest BCUT2D eigenvalue weighted by Gasteiger charge is -2.15. The van der Waals surface area contributed by atoms with E-state index in [9.17, 15) is 13.2 Å². The monoisotopic (exact) mass is 433 g/mol. The van der Waals surface area contributed by atoms with Crippen molar-refractivity contribution in [3.63, 3.8) is 0 Å². The Bertz CT molecular complexity index is 1020. The Morgan fingerprint density at radius 3 is 2.57 bits per heavy atom. The highest BCUT2D eigenvalue weighted by Crippen LogP contribution is 2.35. The Morgan fingerprint density at radius 2 is 1.97 bits per heavy atom. The number of carbonyl (C=O) groups excluding carboxylic acids is 1. The van der Waals surface area contributed by atoms with Crippen LogP contribution in [-0.2, 0) is 19.5 Å². The zero-order valence-electron chi connectivity index (χ0n) is 16.4. The van der Waals surface area contributed by atoms with Gasteiger partial charge in [-0.3, -0.25) is 4.98 Å². The van der Waals surface area contributed by atoms with Crippen LogP contribution in [0.4, 0.5) is 16.3 Å². The molecule has 160 valence electrons. The van der Waals surface area contributed by atoms with E-state index >= 15 is 0 Å². The van der Waals surface area contributed by atoms with Gasteiger partial charge < -0.3 is 20.1 Å². The van der Waals surface area contributed by atoms with Crippen molar-refractivity contribution in [2.45, 2.75) is 48.8 Å². The van der Waals surface area contributed by atoms with Crippen molar-refractivity contribution >= 4 is 27.6 Å². The van der Waals surface area contributed by atoms with E-state index in [0.717, 1.165) is 12.8 Å². The Hall–Kier alpha value is -2.76. The SMILES string of the molecule is CC1(NC(=O)OC2COC(c3cnc(Nc4ccc(S(N)(=O)=O)cc4)cn3)C2)CC1. The number of ether oxygens (including phenoxy) is 2. The molecule has 30 heavy (non-hydrogen) atoms. The number of sulfonamides is 1. The van der Waals surface area contributed by atoms with Crippen LogP contribution >= 0.6 is 0 Å². The maximum absolute atomic E-state index is 11.9. The van der Waals surface area contributed by atoms with Gasteiger partial charge in [0.1, 0.15) is 18.0 Å². The second-order valence-corrected chi connectivity index (χ2v) is 9.35. The van der Waals surface area contributed by atoms with E-state index < -0.39 is 16.1 Å². The Labute approximate surface area is 174 Å². The van der Waals surface area contributed by atoms with Crippen LogP contribution < -0.4 is 15.8 Å². The average molecular weight is 433 g/mol. The molecule has 4 N–H and O–H groups in total. The van der Waals surface area contributed by atoms with Gasteiger partial charge in [-0.2, -0.15) is 0 Å². The first kappa shape index (κ1) is 20.5. The predicted octanol–water partition coefficient (Wildman–Crippen LogP) is 1.98. The first-order valence-electron chi connectivity index (χ1n) is 9.52. The lowest BCUT2D eigenvalue weighted by atomic mass is 10.1. The van der Waals surface area contributed by atoms with Crippen LogP contribution in [0.15, 0.2) is 41.6 Å². The normalized spacial score (nSPS) is 22.3. The summed E-state index contributed by atoms with van der Waals surface area (Å²) in [5.74, 6) is 0.491. The minimum absolute atomic E-state index is 0.0320. The number of primary sulfonamides is 1. The summed E-state index contributed by atoms with van der Waals surface area (Å²) in [5.41, 5.74) is 1.17. The third kappa shape index (κ3) is 5.04. The zero-order valence-corrected chi connectivity index (χ0v) is 17.2. The number of alkyl carbamates (subject to hydrolysis) is 1. The van der Waals surface area contributed by atoms with Gasteiger partial charge in [0.05, 0.1) is 29.6 Å². The van der Waals surface area contributed by atoms with E-state index in [1.165, 1.54) is 12.1 Å². The number of hydrogen-bond acceptors (Lipinski definition) is 8. The third-order valence-electron chi connectivity index (χ3n) is 5.09. The quantitative estimate of drug-likeness (QED) is 0.627. The molecular weight excluding hydrogens is 410 g/mol. The second kappa shape index (κ2) is 7.82. The molecule has 1 aromatic heterocycles. The van der Waals surface area contributed by atoms with E-state index in [1.807, 2.05) is 6.92 Å². The molecule has 2 atom stereocenters. The van der Waals surface area contributed by atoms with Crippen molar-refractivity contribution in [1.82, 2.24) is 15.3 Å². The molecular formula is C19H23N5O5S. The van der Waals surface area contributed by atoms with Crippen LogP contribution in [0.1, 0.15) is 38.0 Å². The number of anilines is 2. The number of nitrogens with one attached hydrogen (secondary N) is 2. The summed E-state index contributed by atoms with van der Waals surface area (Å²) < 4.78 is 33.7. The molecule has 4 rings (SSSR count). The van der Waals surface area contributed by atoms with Crippen molar-refractivity contribution in [2.24, 2.45) is 5.14 Å². The summed E-state index contributed by atoms with van der Waals surface area (Å²) in [6.07, 6.45) is 4.57. The molecule has 2 aromatic rings. The first-order chi connectivity index (χ1) is 14.2. The summed E-state index contributed by atoms with van der Waals surface area (Å²) >= 11 is 0. The Kier molecular flexibility index (Phi) is 5.35. The van der Waals surface area contributed by atoms with E-state index in [2.05, 4.69) is 20.6 Å². The molecule has 2 heterocycles. The molecule has 1 saturated carbocycles. The average Bonchev–Trinajstić information content (AvgIpc) is 3.22. The molecule has 0 bridgehead atoms. The van der Waals surface area contributed by atoms with Gasteiger partial charge in [0, 0.05) is 17.6 Å². The van der Waals surface area contributed by atoms with Crippen LogP contribution in [0.3, 0.4) is 0 Å². The fourth-order valence-corrected chi connectivity index (χ4v) is 3.59.